The quantitative estimate of drug-likeness (QED) is 0.0239. The molecule has 0 spiro atoms. The maximum Gasteiger partial charge on any atom is 0.217 e. The Bertz CT molecular complexity index is 1310. The van der Waals surface area contributed by atoms with E-state index in [0.717, 1.165) is 51.4 Å². The fraction of sp³-hybridized carbons (Fsp3) is 0.952. The van der Waals surface area contributed by atoms with Gasteiger partial charge in [0.05, 0.1) is 67.9 Å². The molecule has 3 saturated heterocycles. The Morgan fingerprint density at radius 3 is 1.55 bits per heavy atom. The van der Waals surface area contributed by atoms with Crippen molar-refractivity contribution in [2.75, 3.05) is 79.3 Å². The van der Waals surface area contributed by atoms with E-state index in [-0.39, 0.29) is 36.1 Å². The van der Waals surface area contributed by atoms with E-state index < -0.39 is 97.7 Å². The first-order valence-electron chi connectivity index (χ1n) is 22.8. The highest BCUT2D eigenvalue weighted by atomic mass is 127. The third-order valence-corrected chi connectivity index (χ3v) is 13.4. The van der Waals surface area contributed by atoms with E-state index >= 15 is 0 Å². The molecule has 0 radical (unpaired) electrons. The topological polar surface area (TPSA) is 298 Å². The number of carbonyl (C=O) groups is 2. The summed E-state index contributed by atoms with van der Waals surface area (Å²) in [5.41, 5.74) is 5.59. The summed E-state index contributed by atoms with van der Waals surface area (Å²) >= 11 is 3.99. The molecule has 3 aliphatic rings. The van der Waals surface area contributed by atoms with Gasteiger partial charge in [-0.05, 0) is 57.8 Å². The second kappa shape index (κ2) is 32.6. The van der Waals surface area contributed by atoms with Crippen LogP contribution < -0.4 is 16.4 Å². The third kappa shape index (κ3) is 20.9. The summed E-state index contributed by atoms with van der Waals surface area (Å²) in [7, 11) is 0. The van der Waals surface area contributed by atoms with Crippen molar-refractivity contribution in [2.24, 2.45) is 11.1 Å². The molecule has 23 heteroatoms. The average Bonchev–Trinajstić information content (AvgIpc) is 3.27. The first-order chi connectivity index (χ1) is 31.2. The largest absolute Gasteiger partial charge is 0.394 e. The second-order valence-corrected chi connectivity index (χ2v) is 19.3. The molecule has 21 nitrogen and oxygen atoms in total. The van der Waals surface area contributed by atoms with Crippen LogP contribution in [0.15, 0.2) is 0 Å². The Kier molecular flexibility index (Phi) is 29.6. The molecule has 0 aromatic carbocycles. The van der Waals surface area contributed by atoms with E-state index in [1.54, 1.807) is 23.0 Å². The number of ether oxygens (including phenoxy) is 9. The number of halogens is 2. The van der Waals surface area contributed by atoms with Crippen molar-refractivity contribution >= 4 is 57.4 Å². The molecule has 15 atom stereocenters. The van der Waals surface area contributed by atoms with Gasteiger partial charge in [-0.25, -0.2) is 0 Å². The van der Waals surface area contributed by atoms with Gasteiger partial charge in [0, 0.05) is 65.3 Å². The lowest BCUT2D eigenvalue weighted by Crippen LogP contribution is -2.64. The predicted octanol–water partition coefficient (Wildman–Crippen LogP) is 0.103. The minimum atomic E-state index is -1.38. The number of hydrogen-bond acceptors (Lipinski definition) is 19. The molecule has 0 saturated carbocycles. The summed E-state index contributed by atoms with van der Waals surface area (Å²) in [5.74, 6) is -0.627. The van der Waals surface area contributed by atoms with Gasteiger partial charge in [-0.2, -0.15) is 0 Å². The molecule has 382 valence electrons. The Hall–Kier alpha value is -0.280. The Balaban J connectivity index is 1.39. The van der Waals surface area contributed by atoms with E-state index in [4.69, 9.17) is 51.4 Å². The van der Waals surface area contributed by atoms with Gasteiger partial charge in [0.25, 0.3) is 0 Å². The minimum Gasteiger partial charge on any atom is -0.394 e. The molecule has 7 unspecified atom stereocenters. The highest BCUT2D eigenvalue weighted by Gasteiger charge is 2.47. The Morgan fingerprint density at radius 1 is 0.646 bits per heavy atom. The average molecular weight is 1170 g/mol. The summed E-state index contributed by atoms with van der Waals surface area (Å²) in [6.45, 7) is 7.64. The SMILES string of the molecule is CC(=O)N[C@H]1C(O)[C@@H](O)C(CO)O[C@H]1OCCCCCOCC(C)(COCCCCCO[C@@H]1OC(CO)CC(O)[C@@H]1N)COCCCCCO[C@@H]1OC(CO)[C@H](OI)C(I)[C@@H]1NC(C)=O. The van der Waals surface area contributed by atoms with Crippen molar-refractivity contribution in [1.29, 1.82) is 0 Å². The van der Waals surface area contributed by atoms with Crippen LogP contribution in [0.3, 0.4) is 0 Å². The molecular weight excluding hydrogens is 1090 g/mol. The molecule has 0 aromatic heterocycles. The van der Waals surface area contributed by atoms with Gasteiger partial charge in [-0.3, -0.25) is 9.59 Å². The van der Waals surface area contributed by atoms with Crippen molar-refractivity contribution in [3.8, 4) is 0 Å². The van der Waals surface area contributed by atoms with Gasteiger partial charge in [0.1, 0.15) is 59.6 Å². The van der Waals surface area contributed by atoms with E-state index in [1.165, 1.54) is 13.8 Å². The summed E-state index contributed by atoms with van der Waals surface area (Å²) in [5, 5.41) is 65.2. The van der Waals surface area contributed by atoms with E-state index in [9.17, 15) is 40.2 Å². The fourth-order valence-electron chi connectivity index (χ4n) is 7.63. The van der Waals surface area contributed by atoms with Crippen molar-refractivity contribution in [2.45, 2.75) is 169 Å². The smallest absolute Gasteiger partial charge is 0.217 e. The normalized spacial score (nSPS) is 32.8. The van der Waals surface area contributed by atoms with Gasteiger partial charge in [0.15, 0.2) is 18.9 Å². The number of carbonyl (C=O) groups excluding carboxylic acids is 2. The lowest BCUT2D eigenvalue weighted by atomic mass is 9.94. The van der Waals surface area contributed by atoms with Gasteiger partial charge < -0.3 is 92.7 Å². The van der Waals surface area contributed by atoms with E-state index in [1.807, 2.05) is 0 Å². The molecule has 0 bridgehead atoms. The number of unbranched alkanes of at least 4 members (excludes halogenated alkanes) is 6. The minimum absolute atomic E-state index is 0.178. The number of hydrogen-bond donors (Lipinski definition) is 9. The van der Waals surface area contributed by atoms with Crippen LogP contribution in [0.4, 0.5) is 0 Å². The van der Waals surface area contributed by atoms with Crippen LogP contribution in [-0.4, -0.2) is 205 Å². The van der Waals surface area contributed by atoms with Gasteiger partial charge >= 0.3 is 0 Å². The highest BCUT2D eigenvalue weighted by molar-refractivity contribution is 14.1. The first kappa shape index (κ1) is 59.0. The number of rotatable bonds is 33. The highest BCUT2D eigenvalue weighted by Crippen LogP contribution is 2.31. The fourth-order valence-corrected chi connectivity index (χ4v) is 9.96. The first-order valence-corrected chi connectivity index (χ1v) is 24.9. The number of alkyl halides is 1. The summed E-state index contributed by atoms with van der Waals surface area (Å²) < 4.78 is 58.7. The maximum absolute atomic E-state index is 11.9. The lowest BCUT2D eigenvalue weighted by Gasteiger charge is -2.43. The molecule has 3 rings (SSSR count). The molecule has 10 N–H and O–H groups in total. The number of nitrogens with two attached hydrogens (primary N) is 1. The third-order valence-electron chi connectivity index (χ3n) is 11.3. The van der Waals surface area contributed by atoms with Crippen LogP contribution in [0.25, 0.3) is 0 Å². The summed E-state index contributed by atoms with van der Waals surface area (Å²) in [4.78, 5) is 23.6. The van der Waals surface area contributed by atoms with E-state index in [0.29, 0.717) is 59.3 Å². The van der Waals surface area contributed by atoms with Crippen molar-refractivity contribution in [3.63, 3.8) is 0 Å². The van der Waals surface area contributed by atoms with Gasteiger partial charge in [-0.15, -0.1) is 0 Å². The molecular formula is C42H77I2N3O18. The zero-order chi connectivity index (χ0) is 47.8. The standard InChI is InChI=1S/C42H77I2N3O18/c1-26(51)46-34-32(43)38(65-44)31(22-50)64-40(34)60-17-11-5-8-14-57-24-42(3,23-56-13-7-4-10-16-59-39-33(45)29(53)19-28(20-48)62-39)25-58-15-9-6-12-18-61-41-35(47-27(2)52)37(55)36(54)30(21-49)63-41/h28-41,48-50,53-55H,4-25,45H2,1-3H3,(H,46,51)(H,47,52)/t28?,29?,30?,31?,32?,33-,34-,35-,36-,37?,38-,39+,40+,41+,42?/m0/s1. The van der Waals surface area contributed by atoms with Crippen LogP contribution in [0, 0.1) is 5.41 Å². The maximum atomic E-state index is 11.9. The van der Waals surface area contributed by atoms with Crippen molar-refractivity contribution in [3.05, 3.63) is 0 Å². The zero-order valence-corrected chi connectivity index (χ0v) is 42.4. The predicted molar refractivity (Wildman–Crippen MR) is 250 cm³/mol. The van der Waals surface area contributed by atoms with Crippen LogP contribution in [-0.2, 0) is 55.3 Å². The number of aliphatic hydroxyl groups is 6. The van der Waals surface area contributed by atoms with Gasteiger partial charge in [0.2, 0.25) is 11.8 Å². The van der Waals surface area contributed by atoms with Crippen LogP contribution in [0.2, 0.25) is 0 Å². The Labute approximate surface area is 410 Å². The van der Waals surface area contributed by atoms with Crippen LogP contribution >= 0.6 is 45.6 Å². The molecule has 3 fully saturated rings. The van der Waals surface area contributed by atoms with Gasteiger partial charge in [-0.1, -0.05) is 29.5 Å². The Morgan fingerprint density at radius 2 is 1.09 bits per heavy atom. The van der Waals surface area contributed by atoms with Crippen LogP contribution in [0.5, 0.6) is 0 Å². The number of amides is 2. The van der Waals surface area contributed by atoms with Crippen LogP contribution in [0.1, 0.15) is 85.0 Å². The number of aliphatic hydroxyl groups excluding tert-OH is 6. The van der Waals surface area contributed by atoms with E-state index in [2.05, 4.69) is 40.1 Å². The zero-order valence-electron chi connectivity index (χ0n) is 38.1. The summed E-state index contributed by atoms with van der Waals surface area (Å²) in [6.07, 6.45) is -1.46. The molecule has 0 aliphatic carbocycles. The molecule has 65 heavy (non-hydrogen) atoms. The molecule has 2 amide bonds. The summed E-state index contributed by atoms with van der Waals surface area (Å²) in [6, 6.07) is -2.10. The molecule has 0 aromatic rings. The monoisotopic (exact) mass is 1170 g/mol. The molecule has 3 aliphatic heterocycles. The molecule has 3 heterocycles. The number of nitrogens with one attached hydrogen (secondary N) is 2. The van der Waals surface area contributed by atoms with Crippen molar-refractivity contribution < 1.29 is 85.9 Å². The second-order valence-electron chi connectivity index (χ2n) is 17.3. The lowest BCUT2D eigenvalue weighted by molar-refractivity contribution is -0.270. The van der Waals surface area contributed by atoms with Crippen molar-refractivity contribution in [1.82, 2.24) is 10.6 Å².